The minimum absolute atomic E-state index is 0.338. The van der Waals surface area contributed by atoms with Crippen LogP contribution in [-0.2, 0) is 6.61 Å². The van der Waals surface area contributed by atoms with E-state index in [-0.39, 0.29) is 0 Å². The summed E-state index contributed by atoms with van der Waals surface area (Å²) < 4.78 is 6.07. The SMILES string of the molecule is C[C@@H](N[C@H]1CC[C@@H](c2cccc(OCc3ccccc3)c2)C1)c1cccc2ccccc12. The Hall–Kier alpha value is -3.10. The predicted octanol–water partition coefficient (Wildman–Crippen LogP) is 7.41. The molecule has 0 aromatic heterocycles. The summed E-state index contributed by atoms with van der Waals surface area (Å²) in [5.41, 5.74) is 3.99. The molecule has 2 heteroatoms. The van der Waals surface area contributed by atoms with Crippen molar-refractivity contribution in [2.24, 2.45) is 0 Å². The molecular weight excluding hydrogens is 390 g/mol. The summed E-state index contributed by atoms with van der Waals surface area (Å²) in [6.45, 7) is 2.91. The molecule has 162 valence electrons. The van der Waals surface area contributed by atoms with Gasteiger partial charge in [0.05, 0.1) is 0 Å². The van der Waals surface area contributed by atoms with Gasteiger partial charge in [0, 0.05) is 12.1 Å². The molecule has 0 bridgehead atoms. The smallest absolute Gasteiger partial charge is 0.120 e. The molecule has 0 aliphatic heterocycles. The number of benzene rings is 4. The molecule has 1 aliphatic rings. The molecule has 4 aromatic carbocycles. The molecule has 0 heterocycles. The van der Waals surface area contributed by atoms with Gasteiger partial charge >= 0.3 is 0 Å². The molecule has 4 aromatic rings. The Morgan fingerprint density at radius 3 is 2.53 bits per heavy atom. The molecule has 2 nitrogen and oxygen atoms in total. The molecule has 0 amide bonds. The Morgan fingerprint density at radius 2 is 1.62 bits per heavy atom. The summed E-state index contributed by atoms with van der Waals surface area (Å²) in [4.78, 5) is 0. The summed E-state index contributed by atoms with van der Waals surface area (Å²) in [5, 5.41) is 6.59. The molecule has 3 atom stereocenters. The topological polar surface area (TPSA) is 21.3 Å². The van der Waals surface area contributed by atoms with Crippen LogP contribution in [0.15, 0.2) is 97.1 Å². The van der Waals surface area contributed by atoms with E-state index in [9.17, 15) is 0 Å². The average Bonchev–Trinajstić information content (AvgIpc) is 3.32. The first kappa shape index (κ1) is 20.8. The average molecular weight is 422 g/mol. The van der Waals surface area contributed by atoms with Crippen LogP contribution in [0.25, 0.3) is 10.8 Å². The molecule has 1 fully saturated rings. The van der Waals surface area contributed by atoms with E-state index in [0.717, 1.165) is 5.75 Å². The first-order chi connectivity index (χ1) is 15.8. The van der Waals surface area contributed by atoms with Crippen molar-refractivity contribution in [2.45, 2.75) is 50.8 Å². The molecule has 1 saturated carbocycles. The normalized spacial score (nSPS) is 19.2. The minimum atomic E-state index is 0.338. The third-order valence-corrected chi connectivity index (χ3v) is 6.79. The fourth-order valence-electron chi connectivity index (χ4n) is 5.11. The monoisotopic (exact) mass is 421 g/mol. The summed E-state index contributed by atoms with van der Waals surface area (Å²) in [6.07, 6.45) is 3.62. The quantitative estimate of drug-likeness (QED) is 0.335. The van der Waals surface area contributed by atoms with E-state index in [1.165, 1.54) is 46.7 Å². The van der Waals surface area contributed by atoms with Gasteiger partial charge in [-0.05, 0) is 71.7 Å². The van der Waals surface area contributed by atoms with Crippen molar-refractivity contribution in [3.63, 3.8) is 0 Å². The summed E-state index contributed by atoms with van der Waals surface area (Å²) >= 11 is 0. The van der Waals surface area contributed by atoms with Crippen LogP contribution >= 0.6 is 0 Å². The lowest BCUT2D eigenvalue weighted by Gasteiger charge is -2.22. The number of fused-ring (bicyclic) bond motifs is 1. The van der Waals surface area contributed by atoms with Gasteiger partial charge in [-0.1, -0.05) is 84.9 Å². The molecular formula is C30H31NO. The number of hydrogen-bond donors (Lipinski definition) is 1. The van der Waals surface area contributed by atoms with Crippen molar-refractivity contribution >= 4 is 10.8 Å². The predicted molar refractivity (Wildman–Crippen MR) is 133 cm³/mol. The van der Waals surface area contributed by atoms with E-state index in [1.54, 1.807) is 0 Å². The van der Waals surface area contributed by atoms with Gasteiger partial charge in [-0.15, -0.1) is 0 Å². The first-order valence-electron chi connectivity index (χ1n) is 11.8. The standard InChI is InChI=1S/C30H31NO/c1-22(29-16-8-12-24-11-5-6-15-30(24)29)31-27-18-17-26(19-27)25-13-7-14-28(20-25)32-21-23-9-3-2-4-10-23/h2-16,20,22,26-27,31H,17-19,21H2,1H3/t22-,26-,27+/m1/s1. The number of rotatable bonds is 7. The Labute approximate surface area is 191 Å². The Kier molecular flexibility index (Phi) is 6.22. The fraction of sp³-hybridized carbons (Fsp3) is 0.267. The van der Waals surface area contributed by atoms with E-state index in [4.69, 9.17) is 4.74 Å². The number of ether oxygens (including phenoxy) is 1. The van der Waals surface area contributed by atoms with Gasteiger partial charge in [0.25, 0.3) is 0 Å². The van der Waals surface area contributed by atoms with Crippen LogP contribution in [-0.4, -0.2) is 6.04 Å². The van der Waals surface area contributed by atoms with Crippen LogP contribution < -0.4 is 10.1 Å². The van der Waals surface area contributed by atoms with Crippen molar-refractivity contribution in [1.82, 2.24) is 5.32 Å². The molecule has 5 rings (SSSR count). The fourth-order valence-corrected chi connectivity index (χ4v) is 5.11. The number of nitrogens with one attached hydrogen (secondary N) is 1. The molecule has 0 saturated heterocycles. The number of hydrogen-bond acceptors (Lipinski definition) is 2. The van der Waals surface area contributed by atoms with Crippen LogP contribution in [0.1, 0.15) is 54.8 Å². The van der Waals surface area contributed by atoms with Gasteiger partial charge in [0.1, 0.15) is 12.4 Å². The van der Waals surface area contributed by atoms with E-state index >= 15 is 0 Å². The van der Waals surface area contributed by atoms with Crippen LogP contribution in [0.4, 0.5) is 0 Å². The van der Waals surface area contributed by atoms with Crippen molar-refractivity contribution in [3.8, 4) is 5.75 Å². The maximum absolute atomic E-state index is 6.07. The highest BCUT2D eigenvalue weighted by atomic mass is 16.5. The van der Waals surface area contributed by atoms with E-state index in [1.807, 2.05) is 6.07 Å². The second kappa shape index (κ2) is 9.58. The zero-order chi connectivity index (χ0) is 21.8. The van der Waals surface area contributed by atoms with Gasteiger partial charge in [-0.2, -0.15) is 0 Å². The first-order valence-corrected chi connectivity index (χ1v) is 11.8. The zero-order valence-corrected chi connectivity index (χ0v) is 18.7. The lowest BCUT2D eigenvalue weighted by Crippen LogP contribution is -2.29. The summed E-state index contributed by atoms with van der Waals surface area (Å²) in [6, 6.07) is 35.3. The van der Waals surface area contributed by atoms with Crippen molar-refractivity contribution in [1.29, 1.82) is 0 Å². The van der Waals surface area contributed by atoms with E-state index < -0.39 is 0 Å². The highest BCUT2D eigenvalue weighted by Gasteiger charge is 2.27. The Balaban J connectivity index is 1.22. The van der Waals surface area contributed by atoms with Crippen molar-refractivity contribution in [2.75, 3.05) is 0 Å². The molecule has 0 radical (unpaired) electrons. The lowest BCUT2D eigenvalue weighted by molar-refractivity contribution is 0.305. The van der Waals surface area contributed by atoms with Crippen LogP contribution in [0.2, 0.25) is 0 Å². The largest absolute Gasteiger partial charge is 0.489 e. The maximum Gasteiger partial charge on any atom is 0.120 e. The van der Waals surface area contributed by atoms with Gasteiger partial charge < -0.3 is 10.1 Å². The van der Waals surface area contributed by atoms with Crippen molar-refractivity contribution in [3.05, 3.63) is 114 Å². The van der Waals surface area contributed by atoms with Crippen LogP contribution in [0, 0.1) is 0 Å². The summed E-state index contributed by atoms with van der Waals surface area (Å²) in [7, 11) is 0. The minimum Gasteiger partial charge on any atom is -0.489 e. The van der Waals surface area contributed by atoms with E-state index in [2.05, 4.69) is 103 Å². The summed E-state index contributed by atoms with van der Waals surface area (Å²) in [5.74, 6) is 1.55. The highest BCUT2D eigenvalue weighted by molar-refractivity contribution is 5.86. The second-order valence-corrected chi connectivity index (χ2v) is 9.01. The molecule has 1 aliphatic carbocycles. The maximum atomic E-state index is 6.07. The molecule has 0 unspecified atom stereocenters. The molecule has 1 N–H and O–H groups in total. The van der Waals surface area contributed by atoms with Gasteiger partial charge in [-0.25, -0.2) is 0 Å². The molecule has 0 spiro atoms. The van der Waals surface area contributed by atoms with Gasteiger partial charge in [0.15, 0.2) is 0 Å². The Bertz CT molecular complexity index is 1160. The van der Waals surface area contributed by atoms with Gasteiger partial charge in [0.2, 0.25) is 0 Å². The van der Waals surface area contributed by atoms with E-state index in [0.29, 0.717) is 24.6 Å². The second-order valence-electron chi connectivity index (χ2n) is 9.01. The lowest BCUT2D eigenvalue weighted by atomic mass is 9.96. The van der Waals surface area contributed by atoms with Crippen LogP contribution in [0.3, 0.4) is 0 Å². The van der Waals surface area contributed by atoms with Crippen molar-refractivity contribution < 1.29 is 4.74 Å². The van der Waals surface area contributed by atoms with Crippen LogP contribution in [0.5, 0.6) is 5.75 Å². The Morgan fingerprint density at radius 1 is 0.844 bits per heavy atom. The third kappa shape index (κ3) is 4.71. The third-order valence-electron chi connectivity index (χ3n) is 6.79. The van der Waals surface area contributed by atoms with Gasteiger partial charge in [-0.3, -0.25) is 0 Å². The zero-order valence-electron chi connectivity index (χ0n) is 18.7. The highest BCUT2D eigenvalue weighted by Crippen LogP contribution is 2.37. The molecule has 32 heavy (non-hydrogen) atoms.